The van der Waals surface area contributed by atoms with E-state index >= 15 is 0 Å². The van der Waals surface area contributed by atoms with Gasteiger partial charge in [0.25, 0.3) is 0 Å². The van der Waals surface area contributed by atoms with Crippen molar-refractivity contribution in [3.05, 3.63) is 42.0 Å². The van der Waals surface area contributed by atoms with Gasteiger partial charge in [-0.2, -0.15) is 0 Å². The number of aromatic nitrogens is 2. The number of hydrogen-bond donors (Lipinski definition) is 0. The Morgan fingerprint density at radius 1 is 1.48 bits per heavy atom. The summed E-state index contributed by atoms with van der Waals surface area (Å²) in [5.74, 6) is -0.909. The molecule has 0 unspecified atom stereocenters. The van der Waals surface area contributed by atoms with Crippen molar-refractivity contribution in [2.75, 3.05) is 12.9 Å². The highest BCUT2D eigenvalue weighted by molar-refractivity contribution is 7.98. The fraction of sp³-hybridized carbons (Fsp3) is 0.333. The van der Waals surface area contributed by atoms with E-state index in [1.807, 2.05) is 6.26 Å². The Labute approximate surface area is 146 Å². The molecule has 0 radical (unpaired) electrons. The Hall–Kier alpha value is -1.24. The number of ether oxygens (including phenoxy) is 1. The van der Waals surface area contributed by atoms with Gasteiger partial charge in [-0.05, 0) is 36.9 Å². The lowest BCUT2D eigenvalue weighted by Crippen LogP contribution is -2.14. The quantitative estimate of drug-likeness (QED) is 0.449. The molecule has 1 aliphatic rings. The summed E-state index contributed by atoms with van der Waals surface area (Å²) in [6.07, 6.45) is 3.90. The van der Waals surface area contributed by atoms with E-state index in [2.05, 4.69) is 4.98 Å². The fourth-order valence-electron chi connectivity index (χ4n) is 2.16. The molecule has 1 aliphatic carbocycles. The van der Waals surface area contributed by atoms with Gasteiger partial charge in [-0.1, -0.05) is 11.8 Å². The molecule has 0 amide bonds. The summed E-state index contributed by atoms with van der Waals surface area (Å²) in [5.41, 5.74) is 0.909. The lowest BCUT2D eigenvalue weighted by atomic mass is 10.3. The first-order valence-electron chi connectivity index (χ1n) is 6.85. The molecule has 1 saturated carbocycles. The third-order valence-electron chi connectivity index (χ3n) is 3.58. The zero-order valence-electron chi connectivity index (χ0n) is 12.1. The van der Waals surface area contributed by atoms with Crippen molar-refractivity contribution >= 4 is 40.9 Å². The van der Waals surface area contributed by atoms with Crippen LogP contribution in [-0.4, -0.2) is 32.7 Å². The van der Waals surface area contributed by atoms with Gasteiger partial charge < -0.3 is 4.74 Å². The second-order valence-corrected chi connectivity index (χ2v) is 7.52. The smallest absolute Gasteiger partial charge is 0.357 e. The van der Waals surface area contributed by atoms with Gasteiger partial charge in [0.15, 0.2) is 10.9 Å². The molecule has 1 fully saturated rings. The zero-order valence-corrected chi connectivity index (χ0v) is 14.5. The van der Waals surface area contributed by atoms with Crippen LogP contribution in [0.4, 0.5) is 4.39 Å². The Kier molecular flexibility index (Phi) is 4.58. The molecule has 0 bridgehead atoms. The van der Waals surface area contributed by atoms with Crippen LogP contribution in [0.15, 0.2) is 35.6 Å². The summed E-state index contributed by atoms with van der Waals surface area (Å²) in [6, 6.07) is 5.82. The predicted molar refractivity (Wildman–Crippen MR) is 88.1 cm³/mol. The van der Waals surface area contributed by atoms with E-state index in [4.69, 9.17) is 27.9 Å². The van der Waals surface area contributed by atoms with Gasteiger partial charge in [0.1, 0.15) is 10.2 Å². The summed E-state index contributed by atoms with van der Waals surface area (Å²) in [7, 11) is 0. The molecule has 0 spiro atoms. The number of thioether (sulfide) groups is 1. The minimum atomic E-state index is -0.790. The summed E-state index contributed by atoms with van der Waals surface area (Å²) in [6.45, 7) is 0.162. The number of halogens is 3. The molecule has 1 aromatic heterocycles. The minimum absolute atomic E-state index is 0.0444. The molecule has 4 nitrogen and oxygen atoms in total. The first kappa shape index (κ1) is 16.6. The van der Waals surface area contributed by atoms with Gasteiger partial charge in [-0.15, -0.1) is 23.2 Å². The molecular formula is C15H13Cl2FN2O2S. The number of benzene rings is 1. The number of rotatable bonds is 5. The van der Waals surface area contributed by atoms with Crippen LogP contribution in [0.3, 0.4) is 0 Å². The third kappa shape index (κ3) is 3.49. The standard InChI is InChI=1S/C15H13Cl2FN2O2S/c1-23-14-19-7-12(13(21)22-8-9-6-15(9,16)17)20(14)11-4-2-10(18)3-5-11/h2-5,7,9H,6,8H2,1H3/t9-/m1/s1. The van der Waals surface area contributed by atoms with Crippen molar-refractivity contribution in [2.24, 2.45) is 5.92 Å². The number of alkyl halides is 2. The topological polar surface area (TPSA) is 44.1 Å². The molecular weight excluding hydrogens is 362 g/mol. The third-order valence-corrected chi connectivity index (χ3v) is 5.16. The summed E-state index contributed by atoms with van der Waals surface area (Å²) >= 11 is 13.2. The molecule has 23 heavy (non-hydrogen) atoms. The number of imidazole rings is 1. The van der Waals surface area contributed by atoms with E-state index in [1.54, 1.807) is 16.7 Å². The molecule has 2 aromatic rings. The molecule has 1 aromatic carbocycles. The molecule has 0 aliphatic heterocycles. The van der Waals surface area contributed by atoms with Gasteiger partial charge >= 0.3 is 5.97 Å². The van der Waals surface area contributed by atoms with Crippen molar-refractivity contribution in [3.8, 4) is 5.69 Å². The van der Waals surface area contributed by atoms with Crippen molar-refractivity contribution in [1.29, 1.82) is 0 Å². The number of carbonyl (C=O) groups excluding carboxylic acids is 1. The molecule has 122 valence electrons. The Morgan fingerprint density at radius 2 is 2.13 bits per heavy atom. The Balaban J connectivity index is 1.83. The van der Waals surface area contributed by atoms with Crippen molar-refractivity contribution < 1.29 is 13.9 Å². The van der Waals surface area contributed by atoms with Gasteiger partial charge in [0.2, 0.25) is 0 Å². The van der Waals surface area contributed by atoms with E-state index in [0.717, 1.165) is 0 Å². The highest BCUT2D eigenvalue weighted by atomic mass is 35.5. The SMILES string of the molecule is CSc1ncc(C(=O)OC[C@H]2CC2(Cl)Cl)n1-c1ccc(F)cc1. The second kappa shape index (κ2) is 6.34. The Bertz CT molecular complexity index is 734. The van der Waals surface area contributed by atoms with Crippen LogP contribution >= 0.6 is 35.0 Å². The molecule has 1 heterocycles. The highest BCUT2D eigenvalue weighted by Crippen LogP contribution is 2.53. The predicted octanol–water partition coefficient (Wildman–Crippen LogP) is 4.08. The van der Waals surface area contributed by atoms with Crippen LogP contribution in [-0.2, 0) is 4.74 Å². The van der Waals surface area contributed by atoms with Crippen LogP contribution in [0, 0.1) is 11.7 Å². The number of carbonyl (C=O) groups is 1. The minimum Gasteiger partial charge on any atom is -0.461 e. The summed E-state index contributed by atoms with van der Waals surface area (Å²) < 4.78 is 19.2. The maximum absolute atomic E-state index is 13.1. The van der Waals surface area contributed by atoms with Gasteiger partial charge in [0, 0.05) is 11.6 Å². The maximum atomic E-state index is 13.1. The number of hydrogen-bond acceptors (Lipinski definition) is 4. The van der Waals surface area contributed by atoms with Crippen molar-refractivity contribution in [3.63, 3.8) is 0 Å². The van der Waals surface area contributed by atoms with E-state index in [0.29, 0.717) is 17.3 Å². The zero-order chi connectivity index (χ0) is 16.6. The molecule has 8 heteroatoms. The van der Waals surface area contributed by atoms with Crippen LogP contribution in [0.1, 0.15) is 16.9 Å². The summed E-state index contributed by atoms with van der Waals surface area (Å²) in [5, 5.41) is 0.610. The average molecular weight is 375 g/mol. The van der Waals surface area contributed by atoms with Crippen LogP contribution < -0.4 is 0 Å². The van der Waals surface area contributed by atoms with E-state index in [9.17, 15) is 9.18 Å². The molecule has 3 rings (SSSR count). The van der Waals surface area contributed by atoms with Crippen LogP contribution in [0.2, 0.25) is 0 Å². The van der Waals surface area contributed by atoms with Crippen molar-refractivity contribution in [2.45, 2.75) is 15.9 Å². The molecule has 0 N–H and O–H groups in total. The Morgan fingerprint density at radius 3 is 2.70 bits per heavy atom. The highest BCUT2D eigenvalue weighted by Gasteiger charge is 2.52. The van der Waals surface area contributed by atoms with E-state index in [1.165, 1.54) is 30.1 Å². The van der Waals surface area contributed by atoms with E-state index in [-0.39, 0.29) is 24.0 Å². The van der Waals surface area contributed by atoms with Gasteiger partial charge in [-0.25, -0.2) is 14.2 Å². The number of esters is 1. The normalized spacial score (nSPS) is 18.7. The molecule has 1 atom stereocenters. The maximum Gasteiger partial charge on any atom is 0.357 e. The second-order valence-electron chi connectivity index (χ2n) is 5.20. The fourth-order valence-corrected chi connectivity index (χ4v) is 3.21. The lowest BCUT2D eigenvalue weighted by Gasteiger charge is -2.11. The van der Waals surface area contributed by atoms with Crippen LogP contribution in [0.5, 0.6) is 0 Å². The first-order valence-corrected chi connectivity index (χ1v) is 8.83. The molecule has 0 saturated heterocycles. The van der Waals surface area contributed by atoms with Gasteiger partial charge in [0.05, 0.1) is 12.8 Å². The monoisotopic (exact) mass is 374 g/mol. The summed E-state index contributed by atoms with van der Waals surface area (Å²) in [4.78, 5) is 16.5. The van der Waals surface area contributed by atoms with Crippen LogP contribution in [0.25, 0.3) is 5.69 Å². The lowest BCUT2D eigenvalue weighted by molar-refractivity contribution is 0.0475. The van der Waals surface area contributed by atoms with E-state index < -0.39 is 10.3 Å². The largest absolute Gasteiger partial charge is 0.461 e. The van der Waals surface area contributed by atoms with Crippen molar-refractivity contribution in [1.82, 2.24) is 9.55 Å². The number of nitrogens with zero attached hydrogens (tertiary/aromatic N) is 2. The first-order chi connectivity index (χ1) is 10.9. The average Bonchev–Trinajstić information content (AvgIpc) is 2.95. The van der Waals surface area contributed by atoms with Gasteiger partial charge in [-0.3, -0.25) is 4.57 Å².